The van der Waals surface area contributed by atoms with Crippen LogP contribution in [0, 0.1) is 20.8 Å². The normalized spacial score (nSPS) is 16.1. The minimum absolute atomic E-state index is 0.101. The maximum Gasteiger partial charge on any atom is 0.263 e. The molecule has 1 aliphatic heterocycles. The molecule has 166 valence electrons. The van der Waals surface area contributed by atoms with Crippen molar-refractivity contribution in [1.82, 2.24) is 24.4 Å². The van der Waals surface area contributed by atoms with E-state index in [-0.39, 0.29) is 22.9 Å². The zero-order valence-corrected chi connectivity index (χ0v) is 18.9. The van der Waals surface area contributed by atoms with E-state index >= 15 is 0 Å². The Morgan fingerprint density at radius 1 is 1.16 bits per heavy atom. The van der Waals surface area contributed by atoms with Crippen LogP contribution >= 0.6 is 0 Å². The Kier molecular flexibility index (Phi) is 6.03. The van der Waals surface area contributed by atoms with Crippen molar-refractivity contribution in [3.05, 3.63) is 75.4 Å². The summed E-state index contributed by atoms with van der Waals surface area (Å²) < 4.78 is 1.54. The molecular formula is C24H28N6O2. The Morgan fingerprint density at radius 3 is 2.72 bits per heavy atom. The van der Waals surface area contributed by atoms with Crippen molar-refractivity contribution in [3.8, 4) is 0 Å². The van der Waals surface area contributed by atoms with Gasteiger partial charge in [-0.3, -0.25) is 19.6 Å². The van der Waals surface area contributed by atoms with Gasteiger partial charge in [0, 0.05) is 61.2 Å². The molecule has 1 atom stereocenters. The maximum absolute atomic E-state index is 13.3. The highest BCUT2D eigenvalue weighted by molar-refractivity contribution is 5.95. The first-order chi connectivity index (χ1) is 15.3. The molecule has 0 radical (unpaired) electrons. The average Bonchev–Trinajstić information content (AvgIpc) is 2.78. The standard InChI is InChI=1S/C24H28N6O2/c1-15-10-17(3)29(4)23(31)22(15)24(32)30-9-5-6-18(14-30)20-12-19(11-16(2)27-20)28-21-13-25-7-8-26-21/h7-8,10-13,18H,5-6,9,14H2,1-4H3,(H,26,27,28)/t18-/m1/s1. The smallest absolute Gasteiger partial charge is 0.263 e. The molecule has 0 bridgehead atoms. The molecular weight excluding hydrogens is 404 g/mol. The molecule has 0 unspecified atom stereocenters. The van der Waals surface area contributed by atoms with Crippen LogP contribution in [0.15, 0.2) is 41.6 Å². The second kappa shape index (κ2) is 8.90. The summed E-state index contributed by atoms with van der Waals surface area (Å²) in [6.45, 7) is 6.83. The lowest BCUT2D eigenvalue weighted by atomic mass is 9.93. The second-order valence-electron chi connectivity index (χ2n) is 8.44. The van der Waals surface area contributed by atoms with Crippen LogP contribution in [0.5, 0.6) is 0 Å². The van der Waals surface area contributed by atoms with E-state index in [9.17, 15) is 9.59 Å². The van der Waals surface area contributed by atoms with Crippen LogP contribution in [0.25, 0.3) is 0 Å². The van der Waals surface area contributed by atoms with Gasteiger partial charge in [-0.1, -0.05) is 0 Å². The Morgan fingerprint density at radius 2 is 1.97 bits per heavy atom. The minimum atomic E-state index is -0.237. The summed E-state index contributed by atoms with van der Waals surface area (Å²) in [5.41, 5.74) is 4.30. The Hall–Kier alpha value is -3.55. The van der Waals surface area contributed by atoms with Gasteiger partial charge in [0.2, 0.25) is 0 Å². The van der Waals surface area contributed by atoms with E-state index in [0.29, 0.717) is 18.9 Å². The van der Waals surface area contributed by atoms with Crippen molar-refractivity contribution in [2.75, 3.05) is 18.4 Å². The highest BCUT2D eigenvalue weighted by atomic mass is 16.2. The number of likely N-dealkylation sites (tertiary alicyclic amines) is 1. The lowest BCUT2D eigenvalue weighted by Gasteiger charge is -2.33. The quantitative estimate of drug-likeness (QED) is 0.680. The number of pyridine rings is 2. The van der Waals surface area contributed by atoms with Gasteiger partial charge in [0.25, 0.3) is 11.5 Å². The van der Waals surface area contributed by atoms with Gasteiger partial charge < -0.3 is 14.8 Å². The van der Waals surface area contributed by atoms with Crippen molar-refractivity contribution in [1.29, 1.82) is 0 Å². The number of hydrogen-bond donors (Lipinski definition) is 1. The summed E-state index contributed by atoms with van der Waals surface area (Å²) in [5.74, 6) is 0.568. The average molecular weight is 433 g/mol. The summed E-state index contributed by atoms with van der Waals surface area (Å²) >= 11 is 0. The first-order valence-electron chi connectivity index (χ1n) is 10.8. The van der Waals surface area contributed by atoms with Gasteiger partial charge in [-0.2, -0.15) is 0 Å². The largest absolute Gasteiger partial charge is 0.339 e. The number of carbonyl (C=O) groups is 1. The van der Waals surface area contributed by atoms with Crippen LogP contribution in [-0.2, 0) is 7.05 Å². The molecule has 8 heteroatoms. The molecule has 1 aliphatic rings. The fourth-order valence-corrected chi connectivity index (χ4v) is 4.29. The van der Waals surface area contributed by atoms with Crippen LogP contribution in [0.3, 0.4) is 0 Å². The Labute approximate surface area is 187 Å². The van der Waals surface area contributed by atoms with Crippen LogP contribution in [-0.4, -0.2) is 43.4 Å². The van der Waals surface area contributed by atoms with E-state index in [2.05, 4.69) is 15.3 Å². The summed E-state index contributed by atoms with van der Waals surface area (Å²) in [5, 5.41) is 3.27. The molecule has 3 aromatic heterocycles. The second-order valence-corrected chi connectivity index (χ2v) is 8.44. The summed E-state index contributed by atoms with van der Waals surface area (Å²) in [4.78, 5) is 41.0. The van der Waals surface area contributed by atoms with Crippen LogP contribution in [0.1, 0.15) is 51.8 Å². The number of aryl methyl sites for hydroxylation is 3. The zero-order valence-electron chi connectivity index (χ0n) is 18.9. The molecule has 1 amide bonds. The summed E-state index contributed by atoms with van der Waals surface area (Å²) in [6.07, 6.45) is 6.74. The topological polar surface area (TPSA) is 93.0 Å². The van der Waals surface area contributed by atoms with Gasteiger partial charge in [-0.05, 0) is 57.4 Å². The number of carbonyl (C=O) groups excluding carboxylic acids is 1. The lowest BCUT2D eigenvalue weighted by molar-refractivity contribution is 0.0702. The van der Waals surface area contributed by atoms with Gasteiger partial charge in [-0.25, -0.2) is 4.98 Å². The van der Waals surface area contributed by atoms with Crippen molar-refractivity contribution < 1.29 is 4.79 Å². The number of anilines is 2. The fourth-order valence-electron chi connectivity index (χ4n) is 4.29. The number of amides is 1. The summed E-state index contributed by atoms with van der Waals surface area (Å²) in [6, 6.07) is 5.86. The molecule has 0 aromatic carbocycles. The van der Waals surface area contributed by atoms with E-state index in [0.717, 1.165) is 41.2 Å². The molecule has 8 nitrogen and oxygen atoms in total. The van der Waals surface area contributed by atoms with Crippen molar-refractivity contribution in [2.24, 2.45) is 7.05 Å². The number of hydrogen-bond acceptors (Lipinski definition) is 6. The van der Waals surface area contributed by atoms with E-state index in [4.69, 9.17) is 4.98 Å². The molecule has 0 spiro atoms. The molecule has 1 fully saturated rings. The number of nitrogens with zero attached hydrogens (tertiary/aromatic N) is 5. The van der Waals surface area contributed by atoms with Crippen LogP contribution in [0.2, 0.25) is 0 Å². The fraction of sp³-hybridized carbons (Fsp3) is 0.375. The third-order valence-corrected chi connectivity index (χ3v) is 6.02. The van der Waals surface area contributed by atoms with E-state index in [1.807, 2.05) is 39.0 Å². The first-order valence-corrected chi connectivity index (χ1v) is 10.8. The third kappa shape index (κ3) is 4.39. The van der Waals surface area contributed by atoms with Gasteiger partial charge in [0.15, 0.2) is 0 Å². The molecule has 4 heterocycles. The predicted molar refractivity (Wildman–Crippen MR) is 123 cm³/mol. The molecule has 0 saturated carbocycles. The number of nitrogens with one attached hydrogen (secondary N) is 1. The van der Waals surface area contributed by atoms with Gasteiger partial charge in [0.1, 0.15) is 11.4 Å². The van der Waals surface area contributed by atoms with Gasteiger partial charge in [0.05, 0.1) is 6.20 Å². The van der Waals surface area contributed by atoms with E-state index < -0.39 is 0 Å². The molecule has 1 saturated heterocycles. The highest BCUT2D eigenvalue weighted by Gasteiger charge is 2.29. The number of aromatic nitrogens is 4. The zero-order chi connectivity index (χ0) is 22.8. The van der Waals surface area contributed by atoms with Crippen LogP contribution < -0.4 is 10.9 Å². The number of rotatable bonds is 4. The number of piperidine rings is 1. The van der Waals surface area contributed by atoms with Crippen molar-refractivity contribution >= 4 is 17.4 Å². The van der Waals surface area contributed by atoms with Crippen molar-refractivity contribution in [2.45, 2.75) is 39.5 Å². The molecule has 3 aromatic rings. The maximum atomic E-state index is 13.3. The van der Waals surface area contributed by atoms with Crippen molar-refractivity contribution in [3.63, 3.8) is 0 Å². The highest BCUT2D eigenvalue weighted by Crippen LogP contribution is 2.29. The minimum Gasteiger partial charge on any atom is -0.339 e. The third-order valence-electron chi connectivity index (χ3n) is 6.02. The van der Waals surface area contributed by atoms with E-state index in [1.54, 1.807) is 30.5 Å². The lowest BCUT2D eigenvalue weighted by Crippen LogP contribution is -2.42. The first kappa shape index (κ1) is 21.7. The van der Waals surface area contributed by atoms with Gasteiger partial charge in [-0.15, -0.1) is 0 Å². The molecule has 0 aliphatic carbocycles. The van der Waals surface area contributed by atoms with Crippen LogP contribution in [0.4, 0.5) is 11.5 Å². The SMILES string of the molecule is Cc1cc(Nc2cnccn2)cc([C@@H]2CCCN(C(=O)c3c(C)cc(C)n(C)c3=O)C2)n1. The van der Waals surface area contributed by atoms with E-state index in [1.165, 1.54) is 4.57 Å². The Bertz CT molecular complexity index is 1210. The molecule has 32 heavy (non-hydrogen) atoms. The summed E-state index contributed by atoms with van der Waals surface area (Å²) in [7, 11) is 1.70. The molecule has 4 rings (SSSR count). The predicted octanol–water partition coefficient (Wildman–Crippen LogP) is 3.26. The monoisotopic (exact) mass is 432 g/mol. The van der Waals surface area contributed by atoms with Gasteiger partial charge >= 0.3 is 0 Å². The molecule has 1 N–H and O–H groups in total. The Balaban J connectivity index is 1.58.